The lowest BCUT2D eigenvalue weighted by molar-refractivity contribution is -0.136. The number of aromatic nitrogens is 1. The van der Waals surface area contributed by atoms with Gasteiger partial charge in [-0.1, -0.05) is 0 Å². The number of nitrogens with zero attached hydrogens (tertiary/aromatic N) is 2. The molecule has 0 bridgehead atoms. The van der Waals surface area contributed by atoms with Crippen molar-refractivity contribution in [2.45, 2.75) is 6.42 Å². The Morgan fingerprint density at radius 3 is 2.67 bits per heavy atom. The van der Waals surface area contributed by atoms with Crippen LogP contribution in [-0.4, -0.2) is 48.2 Å². The minimum atomic E-state index is -0.864. The Kier molecular flexibility index (Phi) is 5.30. The van der Waals surface area contributed by atoms with Crippen LogP contribution in [0.4, 0.5) is 0 Å². The van der Waals surface area contributed by atoms with Crippen LogP contribution in [0, 0.1) is 0 Å². The van der Waals surface area contributed by atoms with E-state index in [4.69, 9.17) is 9.84 Å². The molecular weight excluding hydrogens is 288 g/mol. The highest BCUT2D eigenvalue weighted by Crippen LogP contribution is 2.25. The van der Waals surface area contributed by atoms with Crippen LogP contribution >= 0.6 is 11.3 Å². The second kappa shape index (κ2) is 7.19. The average molecular weight is 306 g/mol. The Morgan fingerprint density at radius 2 is 2.05 bits per heavy atom. The van der Waals surface area contributed by atoms with Crippen molar-refractivity contribution in [3.05, 3.63) is 35.3 Å². The van der Waals surface area contributed by atoms with Gasteiger partial charge in [0, 0.05) is 17.5 Å². The molecule has 112 valence electrons. The predicted octanol–water partition coefficient (Wildman–Crippen LogP) is 2.38. The number of carboxylic acids is 1. The first-order valence-corrected chi connectivity index (χ1v) is 7.47. The van der Waals surface area contributed by atoms with Gasteiger partial charge in [0.1, 0.15) is 17.4 Å². The monoisotopic (exact) mass is 306 g/mol. The SMILES string of the molecule is CN(C)CCOc1ccc(-c2nc(CC(=O)O)cs2)cc1. The van der Waals surface area contributed by atoms with E-state index in [0.717, 1.165) is 22.9 Å². The first kappa shape index (κ1) is 15.5. The molecule has 0 fully saturated rings. The molecule has 0 atom stereocenters. The maximum Gasteiger partial charge on any atom is 0.309 e. The van der Waals surface area contributed by atoms with Crippen LogP contribution in [0.2, 0.25) is 0 Å². The number of rotatable bonds is 7. The number of carboxylic acid groups (broad SMARTS) is 1. The van der Waals surface area contributed by atoms with Crippen LogP contribution in [0.1, 0.15) is 5.69 Å². The molecule has 5 nitrogen and oxygen atoms in total. The number of carbonyl (C=O) groups is 1. The third kappa shape index (κ3) is 4.84. The number of aliphatic carboxylic acids is 1. The molecule has 1 N–H and O–H groups in total. The Morgan fingerprint density at radius 1 is 1.33 bits per heavy atom. The number of hydrogen-bond acceptors (Lipinski definition) is 5. The maximum absolute atomic E-state index is 10.7. The molecule has 0 radical (unpaired) electrons. The second-order valence-corrected chi connectivity index (χ2v) is 5.75. The number of likely N-dealkylation sites (N-methyl/N-ethyl adjacent to an activating group) is 1. The standard InChI is InChI=1S/C15H18N2O3S/c1-17(2)7-8-20-13-5-3-11(4-6-13)15-16-12(10-21-15)9-14(18)19/h3-6,10H,7-9H2,1-2H3,(H,18,19). The Hall–Kier alpha value is -1.92. The van der Waals surface area contributed by atoms with E-state index in [1.54, 1.807) is 5.38 Å². The average Bonchev–Trinajstić information content (AvgIpc) is 2.87. The number of hydrogen-bond donors (Lipinski definition) is 1. The number of thiazole rings is 1. The van der Waals surface area contributed by atoms with E-state index >= 15 is 0 Å². The van der Waals surface area contributed by atoms with Gasteiger partial charge in [-0.25, -0.2) is 4.98 Å². The highest BCUT2D eigenvalue weighted by Gasteiger charge is 2.08. The summed E-state index contributed by atoms with van der Waals surface area (Å²) in [7, 11) is 4.01. The van der Waals surface area contributed by atoms with E-state index in [1.165, 1.54) is 11.3 Å². The molecule has 2 aromatic rings. The van der Waals surface area contributed by atoms with Crippen LogP contribution in [0.15, 0.2) is 29.6 Å². The molecule has 1 heterocycles. The summed E-state index contributed by atoms with van der Waals surface area (Å²) in [4.78, 5) is 17.0. The quantitative estimate of drug-likeness (QED) is 0.851. The lowest BCUT2D eigenvalue weighted by Crippen LogP contribution is -2.19. The summed E-state index contributed by atoms with van der Waals surface area (Å²) in [6.45, 7) is 1.51. The van der Waals surface area contributed by atoms with Crippen LogP contribution in [0.5, 0.6) is 5.75 Å². The smallest absolute Gasteiger partial charge is 0.309 e. The summed E-state index contributed by atoms with van der Waals surface area (Å²) in [6.07, 6.45) is -0.0395. The largest absolute Gasteiger partial charge is 0.492 e. The van der Waals surface area contributed by atoms with Gasteiger partial charge < -0.3 is 14.7 Å². The van der Waals surface area contributed by atoms with Crippen molar-refractivity contribution in [2.24, 2.45) is 0 Å². The molecule has 1 aromatic heterocycles. The van der Waals surface area contributed by atoms with Gasteiger partial charge in [-0.05, 0) is 38.4 Å². The van der Waals surface area contributed by atoms with Crippen LogP contribution < -0.4 is 4.74 Å². The van der Waals surface area contributed by atoms with E-state index in [-0.39, 0.29) is 6.42 Å². The van der Waals surface area contributed by atoms with Gasteiger partial charge in [-0.2, -0.15) is 0 Å². The van der Waals surface area contributed by atoms with Gasteiger partial charge in [0.15, 0.2) is 0 Å². The fraction of sp³-hybridized carbons (Fsp3) is 0.333. The van der Waals surface area contributed by atoms with Crippen molar-refractivity contribution >= 4 is 17.3 Å². The molecule has 0 saturated carbocycles. The van der Waals surface area contributed by atoms with Gasteiger partial charge in [-0.15, -0.1) is 11.3 Å². The molecule has 0 aliphatic heterocycles. The molecule has 2 rings (SSSR count). The molecule has 0 amide bonds. The fourth-order valence-electron chi connectivity index (χ4n) is 1.72. The molecule has 6 heteroatoms. The van der Waals surface area contributed by atoms with Gasteiger partial charge in [-0.3, -0.25) is 4.79 Å². The third-order valence-electron chi connectivity index (χ3n) is 2.79. The van der Waals surface area contributed by atoms with E-state index in [1.807, 2.05) is 38.4 Å². The molecule has 0 saturated heterocycles. The lowest BCUT2D eigenvalue weighted by Gasteiger charge is -2.11. The van der Waals surface area contributed by atoms with E-state index in [9.17, 15) is 4.79 Å². The van der Waals surface area contributed by atoms with Crippen LogP contribution in [0.3, 0.4) is 0 Å². The summed E-state index contributed by atoms with van der Waals surface area (Å²) in [6, 6.07) is 7.69. The lowest BCUT2D eigenvalue weighted by atomic mass is 10.2. The van der Waals surface area contributed by atoms with Crippen molar-refractivity contribution in [2.75, 3.05) is 27.2 Å². The van der Waals surface area contributed by atoms with Gasteiger partial charge in [0.25, 0.3) is 0 Å². The van der Waals surface area contributed by atoms with Gasteiger partial charge >= 0.3 is 5.97 Å². The summed E-state index contributed by atoms with van der Waals surface area (Å²) >= 11 is 1.45. The van der Waals surface area contributed by atoms with Crippen molar-refractivity contribution in [1.82, 2.24) is 9.88 Å². The van der Waals surface area contributed by atoms with E-state index in [2.05, 4.69) is 9.88 Å². The van der Waals surface area contributed by atoms with Gasteiger partial charge in [0.05, 0.1) is 12.1 Å². The zero-order chi connectivity index (χ0) is 15.2. The zero-order valence-corrected chi connectivity index (χ0v) is 12.9. The van der Waals surface area contributed by atoms with Gasteiger partial charge in [0.2, 0.25) is 0 Å². The fourth-order valence-corrected chi connectivity index (χ4v) is 2.54. The van der Waals surface area contributed by atoms with Crippen molar-refractivity contribution in [3.8, 4) is 16.3 Å². The minimum Gasteiger partial charge on any atom is -0.492 e. The molecule has 1 aromatic carbocycles. The zero-order valence-electron chi connectivity index (χ0n) is 12.1. The maximum atomic E-state index is 10.7. The van der Waals surface area contributed by atoms with Crippen LogP contribution in [-0.2, 0) is 11.2 Å². The molecule has 0 aliphatic rings. The van der Waals surface area contributed by atoms with Crippen LogP contribution in [0.25, 0.3) is 10.6 Å². The predicted molar refractivity (Wildman–Crippen MR) is 82.9 cm³/mol. The topological polar surface area (TPSA) is 62.7 Å². The van der Waals surface area contributed by atoms with E-state index < -0.39 is 5.97 Å². The first-order chi connectivity index (χ1) is 10.0. The molecule has 0 aliphatic carbocycles. The number of benzene rings is 1. The number of ether oxygens (including phenoxy) is 1. The molecule has 0 spiro atoms. The highest BCUT2D eigenvalue weighted by molar-refractivity contribution is 7.13. The van der Waals surface area contributed by atoms with Crippen molar-refractivity contribution in [3.63, 3.8) is 0 Å². The molecular formula is C15H18N2O3S. The highest BCUT2D eigenvalue weighted by atomic mass is 32.1. The summed E-state index contributed by atoms with van der Waals surface area (Å²) in [5.74, 6) is -0.0422. The van der Waals surface area contributed by atoms with Crippen molar-refractivity contribution in [1.29, 1.82) is 0 Å². The summed E-state index contributed by atoms with van der Waals surface area (Å²) in [5.41, 5.74) is 1.56. The third-order valence-corrected chi connectivity index (χ3v) is 3.73. The summed E-state index contributed by atoms with van der Waals surface area (Å²) in [5, 5.41) is 11.4. The Bertz CT molecular complexity index is 593. The van der Waals surface area contributed by atoms with Crippen molar-refractivity contribution < 1.29 is 14.6 Å². The molecule has 0 unspecified atom stereocenters. The Labute approximate surface area is 127 Å². The first-order valence-electron chi connectivity index (χ1n) is 6.59. The molecule has 21 heavy (non-hydrogen) atoms. The Balaban J connectivity index is 1.98. The minimum absolute atomic E-state index is 0.0395. The summed E-state index contributed by atoms with van der Waals surface area (Å²) < 4.78 is 5.63. The normalized spacial score (nSPS) is 10.8. The second-order valence-electron chi connectivity index (χ2n) is 4.89. The van der Waals surface area contributed by atoms with E-state index in [0.29, 0.717) is 12.3 Å².